The molecule has 0 unspecified atom stereocenters. The largest absolute Gasteiger partial charge is 0.456 e. The van der Waals surface area contributed by atoms with Gasteiger partial charge in [0.25, 0.3) is 0 Å². The molecule has 116 valence electrons. The third-order valence-electron chi connectivity index (χ3n) is 4.86. The van der Waals surface area contributed by atoms with Crippen LogP contribution in [0.1, 0.15) is 16.7 Å². The van der Waals surface area contributed by atoms with E-state index in [0.717, 1.165) is 28.9 Å². The highest BCUT2D eigenvalue weighted by Crippen LogP contribution is 2.43. The Morgan fingerprint density at radius 3 is 2.33 bits per heavy atom. The van der Waals surface area contributed by atoms with Gasteiger partial charge in [0, 0.05) is 17.5 Å². The summed E-state index contributed by atoms with van der Waals surface area (Å²) >= 11 is 0. The molecule has 0 fully saturated rings. The SMILES string of the molecule is OCc1cc2ccccc2c2c1Oc1cc3ccccc3cc1C2. The Bertz CT molecular complexity index is 1100. The molecule has 5 rings (SSSR count). The molecule has 1 heterocycles. The molecule has 0 aromatic heterocycles. The summed E-state index contributed by atoms with van der Waals surface area (Å²) in [6, 6.07) is 23.0. The summed E-state index contributed by atoms with van der Waals surface area (Å²) in [6.45, 7) is -0.0178. The molecule has 24 heavy (non-hydrogen) atoms. The number of hydrogen-bond acceptors (Lipinski definition) is 2. The molecule has 1 aliphatic rings. The fourth-order valence-electron chi connectivity index (χ4n) is 3.69. The molecule has 0 radical (unpaired) electrons. The second-order valence-corrected chi connectivity index (χ2v) is 6.31. The average Bonchev–Trinajstić information content (AvgIpc) is 2.64. The fourth-order valence-corrected chi connectivity index (χ4v) is 3.69. The molecule has 2 nitrogen and oxygen atoms in total. The van der Waals surface area contributed by atoms with E-state index in [0.29, 0.717) is 0 Å². The quantitative estimate of drug-likeness (QED) is 0.462. The molecule has 2 heteroatoms. The molecular formula is C22H16O2. The Morgan fingerprint density at radius 2 is 1.54 bits per heavy atom. The Kier molecular flexibility index (Phi) is 2.88. The number of aliphatic hydroxyl groups is 1. The number of rotatable bonds is 1. The van der Waals surface area contributed by atoms with Crippen LogP contribution in [0.3, 0.4) is 0 Å². The zero-order valence-corrected chi connectivity index (χ0v) is 13.1. The van der Waals surface area contributed by atoms with Crippen molar-refractivity contribution >= 4 is 21.5 Å². The van der Waals surface area contributed by atoms with Gasteiger partial charge < -0.3 is 9.84 Å². The summed E-state index contributed by atoms with van der Waals surface area (Å²) in [4.78, 5) is 0. The van der Waals surface area contributed by atoms with Gasteiger partial charge in [0.2, 0.25) is 0 Å². The van der Waals surface area contributed by atoms with Crippen molar-refractivity contribution < 1.29 is 9.84 Å². The molecule has 1 aliphatic heterocycles. The summed E-state index contributed by atoms with van der Waals surface area (Å²) in [5.74, 6) is 1.71. The lowest BCUT2D eigenvalue weighted by atomic mass is 9.91. The smallest absolute Gasteiger partial charge is 0.137 e. The highest BCUT2D eigenvalue weighted by atomic mass is 16.5. The van der Waals surface area contributed by atoms with Crippen LogP contribution in [-0.4, -0.2) is 5.11 Å². The lowest BCUT2D eigenvalue weighted by molar-refractivity contribution is 0.276. The van der Waals surface area contributed by atoms with Crippen LogP contribution in [0, 0.1) is 0 Å². The zero-order chi connectivity index (χ0) is 16.1. The molecule has 0 bridgehead atoms. The van der Waals surface area contributed by atoms with E-state index >= 15 is 0 Å². The number of aliphatic hydroxyl groups excluding tert-OH is 1. The lowest BCUT2D eigenvalue weighted by Gasteiger charge is -2.24. The van der Waals surface area contributed by atoms with Gasteiger partial charge in [-0.1, -0.05) is 48.5 Å². The van der Waals surface area contributed by atoms with E-state index in [-0.39, 0.29) is 6.61 Å². The minimum absolute atomic E-state index is 0.0178. The first-order valence-corrected chi connectivity index (χ1v) is 8.17. The Morgan fingerprint density at radius 1 is 0.833 bits per heavy atom. The normalized spacial score (nSPS) is 12.7. The van der Waals surface area contributed by atoms with Crippen molar-refractivity contribution in [3.05, 3.63) is 83.4 Å². The minimum atomic E-state index is -0.0178. The maximum atomic E-state index is 9.79. The maximum absolute atomic E-state index is 9.79. The molecular weight excluding hydrogens is 296 g/mol. The van der Waals surface area contributed by atoms with E-state index in [2.05, 4.69) is 48.5 Å². The van der Waals surface area contributed by atoms with Gasteiger partial charge in [0.05, 0.1) is 6.61 Å². The second-order valence-electron chi connectivity index (χ2n) is 6.31. The van der Waals surface area contributed by atoms with Crippen LogP contribution >= 0.6 is 0 Å². The summed E-state index contributed by atoms with van der Waals surface area (Å²) in [5.41, 5.74) is 3.21. The molecule has 0 saturated heterocycles. The van der Waals surface area contributed by atoms with Crippen LogP contribution in [0.25, 0.3) is 21.5 Å². The van der Waals surface area contributed by atoms with Crippen molar-refractivity contribution in [1.29, 1.82) is 0 Å². The van der Waals surface area contributed by atoms with Gasteiger partial charge in [-0.25, -0.2) is 0 Å². The van der Waals surface area contributed by atoms with Crippen LogP contribution in [0.2, 0.25) is 0 Å². The molecule has 0 saturated carbocycles. The summed E-state index contributed by atoms with van der Waals surface area (Å²) < 4.78 is 6.26. The first kappa shape index (κ1) is 13.6. The second kappa shape index (κ2) is 5.08. The number of ether oxygens (including phenoxy) is 1. The van der Waals surface area contributed by atoms with Crippen molar-refractivity contribution in [3.63, 3.8) is 0 Å². The van der Waals surface area contributed by atoms with Crippen LogP contribution in [0.15, 0.2) is 66.7 Å². The van der Waals surface area contributed by atoms with E-state index in [4.69, 9.17) is 4.74 Å². The summed E-state index contributed by atoms with van der Waals surface area (Å²) in [6.07, 6.45) is 0.823. The molecule has 0 aliphatic carbocycles. The van der Waals surface area contributed by atoms with Crippen LogP contribution in [-0.2, 0) is 13.0 Å². The van der Waals surface area contributed by atoms with Crippen molar-refractivity contribution in [2.45, 2.75) is 13.0 Å². The zero-order valence-electron chi connectivity index (χ0n) is 13.1. The van der Waals surface area contributed by atoms with E-state index in [1.165, 1.54) is 27.3 Å². The molecule has 0 amide bonds. The minimum Gasteiger partial charge on any atom is -0.456 e. The summed E-state index contributed by atoms with van der Waals surface area (Å²) in [5, 5.41) is 14.5. The highest BCUT2D eigenvalue weighted by molar-refractivity contribution is 5.91. The van der Waals surface area contributed by atoms with Gasteiger partial charge in [-0.3, -0.25) is 0 Å². The lowest BCUT2D eigenvalue weighted by Crippen LogP contribution is -2.07. The Balaban J connectivity index is 1.78. The van der Waals surface area contributed by atoms with Gasteiger partial charge >= 0.3 is 0 Å². The fraction of sp³-hybridized carbons (Fsp3) is 0.0909. The third-order valence-corrected chi connectivity index (χ3v) is 4.86. The molecule has 0 spiro atoms. The van der Waals surface area contributed by atoms with Crippen molar-refractivity contribution in [2.24, 2.45) is 0 Å². The van der Waals surface area contributed by atoms with E-state index < -0.39 is 0 Å². The number of hydrogen-bond donors (Lipinski definition) is 1. The van der Waals surface area contributed by atoms with E-state index in [9.17, 15) is 5.11 Å². The van der Waals surface area contributed by atoms with Crippen molar-refractivity contribution in [1.82, 2.24) is 0 Å². The van der Waals surface area contributed by atoms with Crippen LogP contribution in [0.4, 0.5) is 0 Å². The first-order valence-electron chi connectivity index (χ1n) is 8.17. The van der Waals surface area contributed by atoms with Crippen LogP contribution < -0.4 is 4.74 Å². The van der Waals surface area contributed by atoms with E-state index in [1.807, 2.05) is 18.2 Å². The maximum Gasteiger partial charge on any atom is 0.137 e. The average molecular weight is 312 g/mol. The monoisotopic (exact) mass is 312 g/mol. The van der Waals surface area contributed by atoms with Crippen LogP contribution in [0.5, 0.6) is 11.5 Å². The predicted molar refractivity (Wildman–Crippen MR) is 96.7 cm³/mol. The van der Waals surface area contributed by atoms with Gasteiger partial charge in [-0.15, -0.1) is 0 Å². The number of benzene rings is 4. The Labute approximate surface area is 139 Å². The topological polar surface area (TPSA) is 29.5 Å². The summed E-state index contributed by atoms with van der Waals surface area (Å²) in [7, 11) is 0. The molecule has 1 N–H and O–H groups in total. The van der Waals surface area contributed by atoms with Crippen molar-refractivity contribution in [3.8, 4) is 11.5 Å². The Hall–Kier alpha value is -2.84. The predicted octanol–water partition coefficient (Wildman–Crippen LogP) is 5.18. The van der Waals surface area contributed by atoms with Gasteiger partial charge in [-0.05, 0) is 45.3 Å². The molecule has 4 aromatic rings. The third kappa shape index (κ3) is 1.93. The molecule has 0 atom stereocenters. The standard InChI is InChI=1S/C22H16O2/c23-13-18-10-16-7-3-4-8-19(16)20-11-17-9-14-5-1-2-6-15(14)12-21(17)24-22(18)20/h1-10,12,23H,11,13H2. The van der Waals surface area contributed by atoms with Gasteiger partial charge in [0.1, 0.15) is 11.5 Å². The van der Waals surface area contributed by atoms with Gasteiger partial charge in [0.15, 0.2) is 0 Å². The van der Waals surface area contributed by atoms with Gasteiger partial charge in [-0.2, -0.15) is 0 Å². The molecule has 4 aromatic carbocycles. The van der Waals surface area contributed by atoms with Crippen molar-refractivity contribution in [2.75, 3.05) is 0 Å². The first-order chi connectivity index (χ1) is 11.8. The number of fused-ring (bicyclic) bond motifs is 5. The highest BCUT2D eigenvalue weighted by Gasteiger charge is 2.22. The van der Waals surface area contributed by atoms with E-state index in [1.54, 1.807) is 0 Å².